The third-order valence-corrected chi connectivity index (χ3v) is 3.65. The topological polar surface area (TPSA) is 46.2 Å². The summed E-state index contributed by atoms with van der Waals surface area (Å²) < 4.78 is 5.90. The van der Waals surface area contributed by atoms with Crippen LogP contribution in [0.3, 0.4) is 0 Å². The number of nitrogens with zero attached hydrogens (tertiary/aromatic N) is 1. The van der Waals surface area contributed by atoms with Crippen LogP contribution in [-0.2, 0) is 4.74 Å². The summed E-state index contributed by atoms with van der Waals surface area (Å²) in [7, 11) is 0. The van der Waals surface area contributed by atoms with Crippen LogP contribution in [0.1, 0.15) is 45.4 Å². The van der Waals surface area contributed by atoms with Crippen molar-refractivity contribution in [2.75, 3.05) is 30.3 Å². The number of aromatic nitrogens is 1. The van der Waals surface area contributed by atoms with Crippen molar-refractivity contribution in [3.05, 3.63) is 18.5 Å². The van der Waals surface area contributed by atoms with Gasteiger partial charge in [0.05, 0.1) is 36.5 Å². The summed E-state index contributed by atoms with van der Waals surface area (Å²) in [6.45, 7) is 4.76. The van der Waals surface area contributed by atoms with Crippen molar-refractivity contribution in [3.63, 3.8) is 0 Å². The minimum absolute atomic E-state index is 0.487. The molecular formula is C16H27N3O. The molecule has 2 N–H and O–H groups in total. The van der Waals surface area contributed by atoms with E-state index in [2.05, 4.69) is 28.6 Å². The highest BCUT2D eigenvalue weighted by Gasteiger charge is 2.12. The average molecular weight is 277 g/mol. The Morgan fingerprint density at radius 1 is 1.10 bits per heavy atom. The lowest BCUT2D eigenvalue weighted by Crippen LogP contribution is -2.20. The Hall–Kier alpha value is -1.29. The molecule has 4 nitrogen and oxygen atoms in total. The molecule has 1 saturated carbocycles. The van der Waals surface area contributed by atoms with Crippen LogP contribution < -0.4 is 10.6 Å². The molecule has 0 spiro atoms. The zero-order valence-electron chi connectivity index (χ0n) is 12.5. The van der Waals surface area contributed by atoms with Gasteiger partial charge in [0.2, 0.25) is 0 Å². The van der Waals surface area contributed by atoms with Crippen LogP contribution in [0.25, 0.3) is 0 Å². The number of hydrogen-bond acceptors (Lipinski definition) is 4. The Balaban J connectivity index is 1.65. The second-order valence-electron chi connectivity index (χ2n) is 5.45. The number of nitrogens with one attached hydrogen (secondary N) is 2. The predicted octanol–water partition coefficient (Wildman–Crippen LogP) is 3.66. The molecule has 1 aliphatic carbocycles. The van der Waals surface area contributed by atoms with Crippen LogP contribution in [-0.4, -0.2) is 30.8 Å². The van der Waals surface area contributed by atoms with E-state index >= 15 is 0 Å². The van der Waals surface area contributed by atoms with Crippen molar-refractivity contribution in [2.24, 2.45) is 0 Å². The largest absolute Gasteiger partial charge is 0.384 e. The molecule has 4 heteroatoms. The Morgan fingerprint density at radius 3 is 2.50 bits per heavy atom. The molecule has 1 aliphatic rings. The summed E-state index contributed by atoms with van der Waals surface area (Å²) in [5, 5.41) is 6.72. The maximum Gasteiger partial charge on any atom is 0.0642 e. The molecule has 20 heavy (non-hydrogen) atoms. The molecule has 112 valence electrons. The number of rotatable bonds is 8. The van der Waals surface area contributed by atoms with Crippen molar-refractivity contribution in [1.29, 1.82) is 0 Å². The molecular weight excluding hydrogens is 250 g/mol. The van der Waals surface area contributed by atoms with Gasteiger partial charge in [0.15, 0.2) is 0 Å². The van der Waals surface area contributed by atoms with E-state index in [4.69, 9.17) is 4.74 Å². The maximum absolute atomic E-state index is 5.90. The van der Waals surface area contributed by atoms with Gasteiger partial charge in [-0.25, -0.2) is 0 Å². The van der Waals surface area contributed by atoms with Crippen molar-refractivity contribution in [3.8, 4) is 0 Å². The molecule has 0 bridgehead atoms. The van der Waals surface area contributed by atoms with E-state index in [1.54, 1.807) is 0 Å². The van der Waals surface area contributed by atoms with E-state index in [1.807, 2.05) is 12.4 Å². The van der Waals surface area contributed by atoms with Crippen LogP contribution in [0.4, 0.5) is 11.4 Å². The highest BCUT2D eigenvalue weighted by molar-refractivity contribution is 5.53. The molecule has 1 fully saturated rings. The molecule has 0 saturated heterocycles. The average Bonchev–Trinajstić information content (AvgIpc) is 2.51. The van der Waals surface area contributed by atoms with Gasteiger partial charge in [-0.1, -0.05) is 26.2 Å². The first kappa shape index (κ1) is 15.1. The lowest BCUT2D eigenvalue weighted by atomic mass is 9.98. The number of ether oxygens (including phenoxy) is 1. The van der Waals surface area contributed by atoms with Gasteiger partial charge >= 0.3 is 0 Å². The summed E-state index contributed by atoms with van der Waals surface area (Å²) in [6.07, 6.45) is 11.8. The third-order valence-electron chi connectivity index (χ3n) is 3.65. The van der Waals surface area contributed by atoms with E-state index in [0.29, 0.717) is 6.10 Å². The van der Waals surface area contributed by atoms with Gasteiger partial charge in [0.25, 0.3) is 0 Å². The SMILES string of the molecule is CCCNc1cncc(NCCOC2CCCCC2)c1. The fourth-order valence-corrected chi connectivity index (χ4v) is 2.56. The van der Waals surface area contributed by atoms with Crippen molar-refractivity contribution >= 4 is 11.4 Å². The summed E-state index contributed by atoms with van der Waals surface area (Å²) in [5.74, 6) is 0. The fraction of sp³-hybridized carbons (Fsp3) is 0.688. The highest BCUT2D eigenvalue weighted by Crippen LogP contribution is 2.20. The van der Waals surface area contributed by atoms with Crippen LogP contribution in [0.2, 0.25) is 0 Å². The van der Waals surface area contributed by atoms with Gasteiger partial charge in [-0.05, 0) is 25.3 Å². The van der Waals surface area contributed by atoms with Gasteiger partial charge in [0.1, 0.15) is 0 Å². The maximum atomic E-state index is 5.90. The van der Waals surface area contributed by atoms with E-state index in [-0.39, 0.29) is 0 Å². The lowest BCUT2D eigenvalue weighted by Gasteiger charge is -2.22. The van der Waals surface area contributed by atoms with E-state index in [9.17, 15) is 0 Å². The molecule has 0 amide bonds. The van der Waals surface area contributed by atoms with Gasteiger partial charge in [0, 0.05) is 13.1 Å². The standard InChI is InChI=1S/C16H27N3O/c1-2-8-18-14-11-15(13-17-12-14)19-9-10-20-16-6-4-3-5-7-16/h11-13,16,18-19H,2-10H2,1H3. The molecule has 0 radical (unpaired) electrons. The van der Waals surface area contributed by atoms with E-state index in [1.165, 1.54) is 32.1 Å². The molecule has 0 aromatic carbocycles. The predicted molar refractivity (Wildman–Crippen MR) is 84.3 cm³/mol. The molecule has 0 unspecified atom stereocenters. The number of hydrogen-bond donors (Lipinski definition) is 2. The first-order chi connectivity index (χ1) is 9.88. The zero-order chi connectivity index (χ0) is 14.0. The van der Waals surface area contributed by atoms with Crippen molar-refractivity contribution in [1.82, 2.24) is 4.98 Å². The first-order valence-corrected chi connectivity index (χ1v) is 7.93. The summed E-state index contributed by atoms with van der Waals surface area (Å²) in [6, 6.07) is 2.10. The molecule has 1 heterocycles. The lowest BCUT2D eigenvalue weighted by molar-refractivity contribution is 0.0347. The minimum Gasteiger partial charge on any atom is -0.384 e. The van der Waals surface area contributed by atoms with Crippen molar-refractivity contribution in [2.45, 2.75) is 51.6 Å². The Morgan fingerprint density at radius 2 is 1.80 bits per heavy atom. The Kier molecular flexibility index (Phi) is 6.64. The first-order valence-electron chi connectivity index (χ1n) is 7.93. The van der Waals surface area contributed by atoms with Crippen LogP contribution in [0, 0.1) is 0 Å². The zero-order valence-corrected chi connectivity index (χ0v) is 12.5. The van der Waals surface area contributed by atoms with Crippen LogP contribution in [0.5, 0.6) is 0 Å². The Bertz CT molecular complexity index is 378. The molecule has 1 aromatic heterocycles. The normalized spacial score (nSPS) is 16.1. The van der Waals surface area contributed by atoms with Gasteiger partial charge in [-0.3, -0.25) is 4.98 Å². The fourth-order valence-electron chi connectivity index (χ4n) is 2.56. The van der Waals surface area contributed by atoms with Crippen molar-refractivity contribution < 1.29 is 4.74 Å². The van der Waals surface area contributed by atoms with E-state index in [0.717, 1.165) is 37.5 Å². The molecule has 2 rings (SSSR count). The van der Waals surface area contributed by atoms with Crippen LogP contribution >= 0.6 is 0 Å². The number of anilines is 2. The molecule has 0 aliphatic heterocycles. The summed E-state index contributed by atoms with van der Waals surface area (Å²) in [5.41, 5.74) is 2.13. The quantitative estimate of drug-likeness (QED) is 0.712. The van der Waals surface area contributed by atoms with E-state index < -0.39 is 0 Å². The second-order valence-corrected chi connectivity index (χ2v) is 5.45. The number of pyridine rings is 1. The smallest absolute Gasteiger partial charge is 0.0642 e. The summed E-state index contributed by atoms with van der Waals surface area (Å²) >= 11 is 0. The molecule has 1 aromatic rings. The third kappa shape index (κ3) is 5.37. The highest BCUT2D eigenvalue weighted by atomic mass is 16.5. The monoisotopic (exact) mass is 277 g/mol. The van der Waals surface area contributed by atoms with Gasteiger partial charge in [-0.15, -0.1) is 0 Å². The Labute approximate surface area is 122 Å². The minimum atomic E-state index is 0.487. The van der Waals surface area contributed by atoms with Gasteiger partial charge < -0.3 is 15.4 Å². The summed E-state index contributed by atoms with van der Waals surface area (Å²) in [4.78, 5) is 4.24. The van der Waals surface area contributed by atoms with Gasteiger partial charge in [-0.2, -0.15) is 0 Å². The second kappa shape index (κ2) is 8.80. The van der Waals surface area contributed by atoms with Crippen LogP contribution in [0.15, 0.2) is 18.5 Å². The molecule has 0 atom stereocenters.